The molecule has 1 amide bonds. The molecular formula is C14H13N3OS. The molecule has 19 heavy (non-hydrogen) atoms. The maximum atomic E-state index is 11.5. The third-order valence-electron chi connectivity index (χ3n) is 2.48. The van der Waals surface area contributed by atoms with Crippen molar-refractivity contribution in [2.24, 2.45) is 0 Å². The van der Waals surface area contributed by atoms with E-state index in [0.717, 1.165) is 15.9 Å². The Hall–Kier alpha value is -2.06. The number of thioether (sulfide) groups is 1. The van der Waals surface area contributed by atoms with Crippen molar-refractivity contribution in [3.8, 4) is 6.07 Å². The summed E-state index contributed by atoms with van der Waals surface area (Å²) in [5.41, 5.74) is 0.928. The van der Waals surface area contributed by atoms with E-state index in [0.29, 0.717) is 18.7 Å². The molecule has 0 saturated carbocycles. The number of carbonyl (C=O) groups excluding carboxylic acids is 1. The van der Waals surface area contributed by atoms with Crippen molar-refractivity contribution >= 4 is 28.6 Å². The number of nitrogens with zero attached hydrogens (tertiary/aromatic N) is 2. The van der Waals surface area contributed by atoms with Crippen molar-refractivity contribution in [3.05, 3.63) is 36.4 Å². The second-order valence-corrected chi connectivity index (χ2v) is 4.88. The van der Waals surface area contributed by atoms with Gasteiger partial charge in [-0.05, 0) is 12.1 Å². The Labute approximate surface area is 115 Å². The first-order chi connectivity index (χ1) is 9.29. The number of pyridine rings is 1. The van der Waals surface area contributed by atoms with Gasteiger partial charge < -0.3 is 5.32 Å². The number of nitriles is 1. The molecule has 2 aromatic rings. The summed E-state index contributed by atoms with van der Waals surface area (Å²) in [5.74, 6) is 0.242. The SMILES string of the molecule is N#CCCNC(=O)CSc1ccc2ccccc2n1. The topological polar surface area (TPSA) is 65.8 Å². The fourth-order valence-electron chi connectivity index (χ4n) is 1.58. The molecule has 0 aliphatic carbocycles. The highest BCUT2D eigenvalue weighted by atomic mass is 32.2. The van der Waals surface area contributed by atoms with Gasteiger partial charge in [0.05, 0.1) is 28.8 Å². The Morgan fingerprint density at radius 1 is 1.32 bits per heavy atom. The summed E-state index contributed by atoms with van der Waals surface area (Å²) in [6.07, 6.45) is 0.338. The van der Waals surface area contributed by atoms with Crippen molar-refractivity contribution in [1.82, 2.24) is 10.3 Å². The van der Waals surface area contributed by atoms with Crippen LogP contribution in [-0.4, -0.2) is 23.2 Å². The van der Waals surface area contributed by atoms with E-state index >= 15 is 0 Å². The first-order valence-corrected chi connectivity index (χ1v) is 6.90. The number of nitrogens with one attached hydrogen (secondary N) is 1. The van der Waals surface area contributed by atoms with Crippen molar-refractivity contribution in [2.45, 2.75) is 11.4 Å². The molecule has 0 unspecified atom stereocenters. The van der Waals surface area contributed by atoms with Gasteiger partial charge in [0.25, 0.3) is 0 Å². The van der Waals surface area contributed by atoms with E-state index in [4.69, 9.17) is 5.26 Å². The molecule has 96 valence electrons. The Balaban J connectivity index is 1.91. The lowest BCUT2D eigenvalue weighted by Crippen LogP contribution is -2.25. The van der Waals surface area contributed by atoms with Crippen molar-refractivity contribution in [1.29, 1.82) is 5.26 Å². The number of para-hydroxylation sites is 1. The number of fused-ring (bicyclic) bond motifs is 1. The van der Waals surface area contributed by atoms with Crippen LogP contribution in [0.1, 0.15) is 6.42 Å². The van der Waals surface area contributed by atoms with Gasteiger partial charge in [-0.1, -0.05) is 36.0 Å². The van der Waals surface area contributed by atoms with Crippen LogP contribution in [0.25, 0.3) is 10.9 Å². The molecule has 0 bridgehead atoms. The lowest BCUT2D eigenvalue weighted by atomic mass is 10.2. The maximum Gasteiger partial charge on any atom is 0.230 e. The average molecular weight is 271 g/mol. The molecule has 2 rings (SSSR count). The van der Waals surface area contributed by atoms with E-state index < -0.39 is 0 Å². The van der Waals surface area contributed by atoms with E-state index in [1.54, 1.807) is 0 Å². The minimum atomic E-state index is -0.0739. The molecule has 1 heterocycles. The van der Waals surface area contributed by atoms with Gasteiger partial charge in [0, 0.05) is 11.9 Å². The molecule has 0 aliphatic heterocycles. The number of benzene rings is 1. The zero-order chi connectivity index (χ0) is 13.5. The quantitative estimate of drug-likeness (QED) is 0.669. The monoisotopic (exact) mass is 271 g/mol. The summed E-state index contributed by atoms with van der Waals surface area (Å²) < 4.78 is 0. The summed E-state index contributed by atoms with van der Waals surface area (Å²) in [7, 11) is 0. The Bertz CT molecular complexity index is 621. The van der Waals surface area contributed by atoms with E-state index in [1.807, 2.05) is 42.5 Å². The minimum Gasteiger partial charge on any atom is -0.354 e. The van der Waals surface area contributed by atoms with Gasteiger partial charge in [-0.2, -0.15) is 5.26 Å². The molecule has 0 fully saturated rings. The van der Waals surface area contributed by atoms with Gasteiger partial charge in [-0.15, -0.1) is 0 Å². The summed E-state index contributed by atoms with van der Waals surface area (Å²) in [6, 6.07) is 13.8. The molecule has 0 spiro atoms. The highest BCUT2D eigenvalue weighted by molar-refractivity contribution is 7.99. The lowest BCUT2D eigenvalue weighted by Gasteiger charge is -2.03. The normalized spacial score (nSPS) is 10.1. The largest absolute Gasteiger partial charge is 0.354 e. The van der Waals surface area contributed by atoms with Gasteiger partial charge in [-0.3, -0.25) is 4.79 Å². The third kappa shape index (κ3) is 3.97. The van der Waals surface area contributed by atoms with Crippen LogP contribution in [0.15, 0.2) is 41.4 Å². The standard InChI is InChI=1S/C14H13N3OS/c15-8-3-9-16-13(18)10-19-14-7-6-11-4-1-2-5-12(11)17-14/h1-2,4-7H,3,9-10H2,(H,16,18). The van der Waals surface area contributed by atoms with Gasteiger partial charge in [0.15, 0.2) is 0 Å². The van der Waals surface area contributed by atoms with E-state index in [-0.39, 0.29) is 5.91 Å². The Morgan fingerprint density at radius 3 is 3.00 bits per heavy atom. The summed E-state index contributed by atoms with van der Waals surface area (Å²) in [5, 5.41) is 13.0. The predicted molar refractivity (Wildman–Crippen MR) is 75.7 cm³/mol. The molecule has 0 atom stereocenters. The first-order valence-electron chi connectivity index (χ1n) is 5.92. The maximum absolute atomic E-state index is 11.5. The Morgan fingerprint density at radius 2 is 2.16 bits per heavy atom. The van der Waals surface area contributed by atoms with Crippen LogP contribution in [0.5, 0.6) is 0 Å². The summed E-state index contributed by atoms with van der Waals surface area (Å²) >= 11 is 1.40. The number of rotatable bonds is 5. The van der Waals surface area contributed by atoms with Crippen molar-refractivity contribution < 1.29 is 4.79 Å². The van der Waals surface area contributed by atoms with E-state index in [2.05, 4.69) is 10.3 Å². The highest BCUT2D eigenvalue weighted by Gasteiger charge is 2.04. The van der Waals surface area contributed by atoms with Crippen LogP contribution in [-0.2, 0) is 4.79 Å². The van der Waals surface area contributed by atoms with Crippen molar-refractivity contribution in [2.75, 3.05) is 12.3 Å². The summed E-state index contributed by atoms with van der Waals surface area (Å²) in [4.78, 5) is 16.0. The fourth-order valence-corrected chi connectivity index (χ4v) is 2.28. The van der Waals surface area contributed by atoms with Crippen LogP contribution in [0, 0.1) is 11.3 Å². The lowest BCUT2D eigenvalue weighted by molar-refractivity contribution is -0.118. The van der Waals surface area contributed by atoms with Crippen LogP contribution in [0.4, 0.5) is 0 Å². The van der Waals surface area contributed by atoms with Gasteiger partial charge in [0.1, 0.15) is 0 Å². The number of hydrogen-bond donors (Lipinski definition) is 1. The molecule has 0 aliphatic rings. The molecule has 1 aromatic carbocycles. The molecule has 5 heteroatoms. The molecule has 1 N–H and O–H groups in total. The number of carbonyl (C=O) groups is 1. The van der Waals surface area contributed by atoms with Crippen LogP contribution < -0.4 is 5.32 Å². The second kappa shape index (κ2) is 6.76. The van der Waals surface area contributed by atoms with Gasteiger partial charge in [0.2, 0.25) is 5.91 Å². The molecule has 0 radical (unpaired) electrons. The van der Waals surface area contributed by atoms with Crippen LogP contribution in [0.2, 0.25) is 0 Å². The number of amides is 1. The van der Waals surface area contributed by atoms with Gasteiger partial charge in [-0.25, -0.2) is 4.98 Å². The zero-order valence-electron chi connectivity index (χ0n) is 10.3. The second-order valence-electron chi connectivity index (χ2n) is 3.89. The zero-order valence-corrected chi connectivity index (χ0v) is 11.1. The number of aromatic nitrogens is 1. The molecule has 0 saturated heterocycles. The van der Waals surface area contributed by atoms with E-state index in [9.17, 15) is 4.79 Å². The highest BCUT2D eigenvalue weighted by Crippen LogP contribution is 2.19. The molecular weight excluding hydrogens is 258 g/mol. The van der Waals surface area contributed by atoms with Crippen molar-refractivity contribution in [3.63, 3.8) is 0 Å². The predicted octanol–water partition coefficient (Wildman–Crippen LogP) is 2.36. The minimum absolute atomic E-state index is 0.0739. The number of hydrogen-bond acceptors (Lipinski definition) is 4. The van der Waals surface area contributed by atoms with Crippen LogP contribution in [0.3, 0.4) is 0 Å². The first kappa shape index (κ1) is 13.4. The smallest absolute Gasteiger partial charge is 0.230 e. The summed E-state index contributed by atoms with van der Waals surface area (Å²) in [6.45, 7) is 0.404. The Kier molecular flexibility index (Phi) is 4.76. The average Bonchev–Trinajstić information content (AvgIpc) is 2.45. The van der Waals surface area contributed by atoms with E-state index in [1.165, 1.54) is 11.8 Å². The third-order valence-corrected chi connectivity index (χ3v) is 3.41. The van der Waals surface area contributed by atoms with Crippen LogP contribution >= 0.6 is 11.8 Å². The fraction of sp³-hybridized carbons (Fsp3) is 0.214. The molecule has 1 aromatic heterocycles. The molecule has 4 nitrogen and oxygen atoms in total. The van der Waals surface area contributed by atoms with Gasteiger partial charge >= 0.3 is 0 Å².